The van der Waals surface area contributed by atoms with Crippen molar-refractivity contribution in [2.45, 2.75) is 12.0 Å². The molecule has 1 fully saturated rings. The summed E-state index contributed by atoms with van der Waals surface area (Å²) in [6.45, 7) is 0. The summed E-state index contributed by atoms with van der Waals surface area (Å²) < 4.78 is 0. The Kier molecular flexibility index (Phi) is 3.33. The molecular weight excluding hydrogens is 240 g/mol. The standard InChI is InChI=1S/C11H12N2O3S/c14-9(8-2-1-4-12-6-8)13-11(10(15)16)3-5-17-7-11/h1-2,4,6H,3,5,7H2,(H,13,14)(H,15,16)/t11-/m0/s1. The van der Waals surface area contributed by atoms with Gasteiger partial charge in [-0.15, -0.1) is 0 Å². The van der Waals surface area contributed by atoms with Gasteiger partial charge in [0.05, 0.1) is 5.56 Å². The topological polar surface area (TPSA) is 79.3 Å². The molecule has 1 atom stereocenters. The Morgan fingerprint density at radius 2 is 2.35 bits per heavy atom. The second-order valence-electron chi connectivity index (χ2n) is 3.89. The van der Waals surface area contributed by atoms with Crippen LogP contribution in [0.25, 0.3) is 0 Å². The van der Waals surface area contributed by atoms with Crippen molar-refractivity contribution in [2.75, 3.05) is 11.5 Å². The van der Waals surface area contributed by atoms with Crippen LogP contribution in [-0.4, -0.2) is 39.0 Å². The molecule has 1 amide bonds. The SMILES string of the molecule is O=C(N[C@@]1(C(=O)O)CCSC1)c1cccnc1. The third kappa shape index (κ3) is 2.41. The highest BCUT2D eigenvalue weighted by Crippen LogP contribution is 2.28. The van der Waals surface area contributed by atoms with E-state index in [2.05, 4.69) is 10.3 Å². The van der Waals surface area contributed by atoms with Crippen LogP contribution in [-0.2, 0) is 4.79 Å². The van der Waals surface area contributed by atoms with Gasteiger partial charge in [0.1, 0.15) is 5.54 Å². The number of carbonyl (C=O) groups is 2. The van der Waals surface area contributed by atoms with Crippen molar-refractivity contribution >= 4 is 23.6 Å². The first-order valence-electron chi connectivity index (χ1n) is 5.18. The van der Waals surface area contributed by atoms with E-state index in [0.29, 0.717) is 17.7 Å². The van der Waals surface area contributed by atoms with Crippen molar-refractivity contribution in [1.82, 2.24) is 10.3 Å². The molecule has 0 saturated carbocycles. The maximum absolute atomic E-state index is 11.9. The number of hydrogen-bond acceptors (Lipinski definition) is 4. The fourth-order valence-electron chi connectivity index (χ4n) is 1.67. The number of aromatic nitrogens is 1. The number of aliphatic carboxylic acids is 1. The van der Waals surface area contributed by atoms with E-state index < -0.39 is 11.5 Å². The van der Waals surface area contributed by atoms with Gasteiger partial charge in [0.15, 0.2) is 0 Å². The van der Waals surface area contributed by atoms with Crippen molar-refractivity contribution in [1.29, 1.82) is 0 Å². The molecule has 2 heterocycles. The summed E-state index contributed by atoms with van der Waals surface area (Å²) >= 11 is 1.54. The van der Waals surface area contributed by atoms with Gasteiger partial charge in [-0.3, -0.25) is 9.78 Å². The van der Waals surface area contributed by atoms with Crippen molar-refractivity contribution in [3.05, 3.63) is 30.1 Å². The van der Waals surface area contributed by atoms with E-state index in [9.17, 15) is 14.7 Å². The van der Waals surface area contributed by atoms with Crippen LogP contribution in [0.4, 0.5) is 0 Å². The smallest absolute Gasteiger partial charge is 0.330 e. The number of amides is 1. The molecule has 0 unspecified atom stereocenters. The van der Waals surface area contributed by atoms with Crippen molar-refractivity contribution in [2.24, 2.45) is 0 Å². The Labute approximate surface area is 103 Å². The fourth-order valence-corrected chi connectivity index (χ4v) is 3.00. The number of nitrogens with one attached hydrogen (secondary N) is 1. The number of carboxylic acids is 1. The number of pyridine rings is 1. The number of carboxylic acid groups (broad SMARTS) is 1. The third-order valence-corrected chi connectivity index (χ3v) is 3.90. The maximum Gasteiger partial charge on any atom is 0.330 e. The van der Waals surface area contributed by atoms with Crippen molar-refractivity contribution in [3.63, 3.8) is 0 Å². The van der Waals surface area contributed by atoms with Gasteiger partial charge in [0.2, 0.25) is 0 Å². The minimum absolute atomic E-state index is 0.380. The molecule has 1 aromatic heterocycles. The zero-order valence-corrected chi connectivity index (χ0v) is 9.87. The van der Waals surface area contributed by atoms with E-state index in [1.807, 2.05) is 0 Å². The number of nitrogens with zero attached hydrogens (tertiary/aromatic N) is 1. The lowest BCUT2D eigenvalue weighted by Crippen LogP contribution is -2.54. The Bertz CT molecular complexity index is 430. The summed E-state index contributed by atoms with van der Waals surface area (Å²) in [5.74, 6) is -0.198. The molecule has 0 spiro atoms. The van der Waals surface area contributed by atoms with E-state index in [0.717, 1.165) is 5.75 Å². The van der Waals surface area contributed by atoms with Crippen LogP contribution >= 0.6 is 11.8 Å². The number of carbonyl (C=O) groups excluding carboxylic acids is 1. The van der Waals surface area contributed by atoms with Crippen LogP contribution in [0, 0.1) is 0 Å². The molecule has 1 aliphatic heterocycles. The zero-order valence-electron chi connectivity index (χ0n) is 9.05. The minimum atomic E-state index is -1.13. The lowest BCUT2D eigenvalue weighted by molar-refractivity contribution is -0.143. The molecule has 1 aliphatic rings. The fraction of sp³-hybridized carbons (Fsp3) is 0.364. The summed E-state index contributed by atoms with van der Waals surface area (Å²) in [5.41, 5.74) is -0.748. The van der Waals surface area contributed by atoms with Gasteiger partial charge in [-0.05, 0) is 24.3 Å². The monoisotopic (exact) mass is 252 g/mol. The van der Waals surface area contributed by atoms with Gasteiger partial charge >= 0.3 is 5.97 Å². The highest BCUT2D eigenvalue weighted by Gasteiger charge is 2.43. The molecule has 90 valence electrons. The molecule has 0 aliphatic carbocycles. The zero-order chi connectivity index (χ0) is 12.3. The van der Waals surface area contributed by atoms with Crippen molar-refractivity contribution in [3.8, 4) is 0 Å². The normalized spacial score (nSPS) is 23.3. The molecule has 5 nitrogen and oxygen atoms in total. The first-order chi connectivity index (χ1) is 8.14. The molecule has 0 radical (unpaired) electrons. The predicted molar refractivity (Wildman–Crippen MR) is 64.0 cm³/mol. The van der Waals surface area contributed by atoms with Gasteiger partial charge in [-0.25, -0.2) is 4.79 Å². The van der Waals surface area contributed by atoms with Crippen molar-refractivity contribution < 1.29 is 14.7 Å². The Hall–Kier alpha value is -1.56. The molecule has 2 N–H and O–H groups in total. The van der Waals surface area contributed by atoms with Crippen LogP contribution in [0.2, 0.25) is 0 Å². The Morgan fingerprint density at radius 3 is 2.88 bits per heavy atom. The lowest BCUT2D eigenvalue weighted by Gasteiger charge is -2.24. The predicted octanol–water partition coefficient (Wildman–Crippen LogP) is 0.772. The largest absolute Gasteiger partial charge is 0.479 e. The molecule has 17 heavy (non-hydrogen) atoms. The van der Waals surface area contributed by atoms with Gasteiger partial charge < -0.3 is 10.4 Å². The quantitative estimate of drug-likeness (QED) is 0.830. The molecule has 6 heteroatoms. The highest BCUT2D eigenvalue weighted by molar-refractivity contribution is 7.99. The number of hydrogen-bond donors (Lipinski definition) is 2. The second-order valence-corrected chi connectivity index (χ2v) is 4.99. The van der Waals surface area contributed by atoms with Gasteiger partial charge in [0.25, 0.3) is 5.91 Å². The Morgan fingerprint density at radius 1 is 1.53 bits per heavy atom. The summed E-state index contributed by atoms with van der Waals surface area (Å²) in [7, 11) is 0. The van der Waals surface area contributed by atoms with Crippen LogP contribution in [0.15, 0.2) is 24.5 Å². The molecule has 1 saturated heterocycles. The molecule has 1 aromatic rings. The summed E-state index contributed by atoms with van der Waals surface area (Å²) in [6.07, 6.45) is 3.45. The molecule has 0 bridgehead atoms. The van der Waals surface area contributed by atoms with E-state index in [1.165, 1.54) is 18.0 Å². The van der Waals surface area contributed by atoms with Crippen LogP contribution < -0.4 is 5.32 Å². The van der Waals surface area contributed by atoms with E-state index in [1.54, 1.807) is 18.3 Å². The van der Waals surface area contributed by atoms with Crippen LogP contribution in [0.3, 0.4) is 0 Å². The second kappa shape index (κ2) is 4.75. The van der Waals surface area contributed by atoms with Gasteiger partial charge in [-0.1, -0.05) is 0 Å². The third-order valence-electron chi connectivity index (χ3n) is 2.71. The highest BCUT2D eigenvalue weighted by atomic mass is 32.2. The lowest BCUT2D eigenvalue weighted by atomic mass is 9.99. The van der Waals surface area contributed by atoms with E-state index >= 15 is 0 Å². The average Bonchev–Trinajstić information content (AvgIpc) is 2.80. The summed E-state index contributed by atoms with van der Waals surface area (Å²) in [5, 5.41) is 11.8. The summed E-state index contributed by atoms with van der Waals surface area (Å²) in [6, 6.07) is 3.26. The summed E-state index contributed by atoms with van der Waals surface area (Å²) in [4.78, 5) is 27.0. The molecular formula is C11H12N2O3S. The first kappa shape index (κ1) is 11.9. The first-order valence-corrected chi connectivity index (χ1v) is 6.33. The maximum atomic E-state index is 11.9. The minimum Gasteiger partial charge on any atom is -0.479 e. The van der Waals surface area contributed by atoms with Crippen LogP contribution in [0.1, 0.15) is 16.8 Å². The Balaban J connectivity index is 2.15. The molecule has 0 aromatic carbocycles. The van der Waals surface area contributed by atoms with Gasteiger partial charge in [0, 0.05) is 18.1 Å². The van der Waals surface area contributed by atoms with E-state index in [-0.39, 0.29) is 5.91 Å². The van der Waals surface area contributed by atoms with Gasteiger partial charge in [-0.2, -0.15) is 11.8 Å². The van der Waals surface area contributed by atoms with E-state index in [4.69, 9.17) is 0 Å². The number of thioether (sulfide) groups is 1. The number of rotatable bonds is 3. The average molecular weight is 252 g/mol. The molecule has 2 rings (SSSR count). The van der Waals surface area contributed by atoms with Crippen LogP contribution in [0.5, 0.6) is 0 Å².